The fraction of sp³-hybridized carbons (Fsp3) is 0.385. The predicted octanol–water partition coefficient (Wildman–Crippen LogP) is 4.34. The van der Waals surface area contributed by atoms with Gasteiger partial charge in [0.1, 0.15) is 5.69 Å². The van der Waals surface area contributed by atoms with E-state index in [1.54, 1.807) is 0 Å². The lowest BCUT2D eigenvalue weighted by atomic mass is 10.1. The number of carboxylic acid groups (broad SMARTS) is 1. The van der Waals surface area contributed by atoms with E-state index in [1.165, 1.54) is 12.8 Å². The first kappa shape index (κ1) is 27.9. The predicted molar refractivity (Wildman–Crippen MR) is 133 cm³/mol. The number of carbonyl (C=O) groups excluding carboxylic acids is 1. The van der Waals surface area contributed by atoms with Gasteiger partial charge in [-0.2, -0.15) is 13.2 Å². The van der Waals surface area contributed by atoms with Crippen LogP contribution in [0.2, 0.25) is 0 Å². The highest BCUT2D eigenvalue weighted by atomic mass is 19.4. The van der Waals surface area contributed by atoms with E-state index in [-0.39, 0.29) is 5.91 Å². The van der Waals surface area contributed by atoms with Crippen LogP contribution in [0, 0.1) is 5.92 Å². The largest absolute Gasteiger partial charge is 0.490 e. The zero-order chi connectivity index (χ0) is 27.0. The molecule has 0 aliphatic heterocycles. The number of alkyl halides is 3. The molecule has 11 heteroatoms. The number of nitrogens with one attached hydrogen (secondary N) is 1. The van der Waals surface area contributed by atoms with Gasteiger partial charge in [0, 0.05) is 48.4 Å². The zero-order valence-electron chi connectivity index (χ0n) is 20.7. The molecule has 0 unspecified atom stereocenters. The molecule has 1 aliphatic rings. The molecule has 0 spiro atoms. The lowest BCUT2D eigenvalue weighted by molar-refractivity contribution is -0.192. The molecule has 1 saturated carbocycles. The molecular weight excluding hydrogens is 487 g/mol. The van der Waals surface area contributed by atoms with Crippen molar-refractivity contribution < 1.29 is 27.9 Å². The van der Waals surface area contributed by atoms with Gasteiger partial charge in [0.25, 0.3) is 5.91 Å². The van der Waals surface area contributed by atoms with E-state index in [0.717, 1.165) is 36.2 Å². The van der Waals surface area contributed by atoms with Crippen molar-refractivity contribution in [2.75, 3.05) is 27.2 Å². The maximum atomic E-state index is 12.8. The van der Waals surface area contributed by atoms with Crippen LogP contribution in [0.3, 0.4) is 0 Å². The van der Waals surface area contributed by atoms with Crippen molar-refractivity contribution in [3.63, 3.8) is 0 Å². The molecule has 37 heavy (non-hydrogen) atoms. The molecule has 0 radical (unpaired) electrons. The number of nitrogens with zero attached hydrogens (tertiary/aromatic N) is 4. The summed E-state index contributed by atoms with van der Waals surface area (Å²) < 4.78 is 33.8. The molecule has 2 aromatic heterocycles. The van der Waals surface area contributed by atoms with Gasteiger partial charge in [-0.15, -0.1) is 0 Å². The highest BCUT2D eigenvalue weighted by Gasteiger charge is 2.38. The Kier molecular flexibility index (Phi) is 9.40. The number of hydrogen-bond acceptors (Lipinski definition) is 5. The maximum Gasteiger partial charge on any atom is 0.490 e. The van der Waals surface area contributed by atoms with Crippen LogP contribution in [0.1, 0.15) is 29.8 Å². The lowest BCUT2D eigenvalue weighted by Crippen LogP contribution is -2.28. The molecule has 8 nitrogen and oxygen atoms in total. The van der Waals surface area contributed by atoms with Crippen molar-refractivity contribution in [2.45, 2.75) is 32.0 Å². The Bertz CT molecular complexity index is 1170. The topological polar surface area (TPSA) is 100 Å². The van der Waals surface area contributed by atoms with Gasteiger partial charge in [-0.3, -0.25) is 4.79 Å². The van der Waals surface area contributed by atoms with Crippen LogP contribution < -0.4 is 5.32 Å². The number of benzene rings is 1. The SMILES string of the molecule is CN(C)CCCNC(=O)c1cc(-c2cnc(-c3ccccc3)nc2)cn1CC1CC1.O=C(O)C(F)(F)F. The Labute approximate surface area is 213 Å². The number of carbonyl (C=O) groups is 2. The maximum absolute atomic E-state index is 12.8. The Hall–Kier alpha value is -3.73. The fourth-order valence-electron chi connectivity index (χ4n) is 3.49. The second-order valence-corrected chi connectivity index (χ2v) is 9.09. The molecule has 0 saturated heterocycles. The summed E-state index contributed by atoms with van der Waals surface area (Å²) in [5.41, 5.74) is 3.61. The third kappa shape index (κ3) is 8.71. The van der Waals surface area contributed by atoms with Gasteiger partial charge in [-0.1, -0.05) is 30.3 Å². The van der Waals surface area contributed by atoms with E-state index in [2.05, 4.69) is 30.9 Å². The Balaban J connectivity index is 0.000000479. The first-order valence-corrected chi connectivity index (χ1v) is 11.9. The summed E-state index contributed by atoms with van der Waals surface area (Å²) in [7, 11) is 4.08. The van der Waals surface area contributed by atoms with Crippen molar-refractivity contribution in [1.82, 2.24) is 24.8 Å². The quantitative estimate of drug-likeness (QED) is 0.410. The summed E-state index contributed by atoms with van der Waals surface area (Å²) in [6.45, 7) is 2.53. The Morgan fingerprint density at radius 1 is 1.08 bits per heavy atom. The number of hydrogen-bond donors (Lipinski definition) is 2. The van der Waals surface area contributed by atoms with E-state index in [4.69, 9.17) is 9.90 Å². The molecule has 2 N–H and O–H groups in total. The first-order valence-electron chi connectivity index (χ1n) is 11.9. The number of carboxylic acids is 1. The summed E-state index contributed by atoms with van der Waals surface area (Å²) in [6.07, 6.45) is 4.08. The molecule has 1 fully saturated rings. The average Bonchev–Trinajstić information content (AvgIpc) is 3.58. The third-order valence-electron chi connectivity index (χ3n) is 5.61. The average molecular weight is 518 g/mol. The molecular formula is C26H30F3N5O3. The fourth-order valence-corrected chi connectivity index (χ4v) is 3.49. The third-order valence-corrected chi connectivity index (χ3v) is 5.61. The molecule has 1 amide bonds. The zero-order valence-corrected chi connectivity index (χ0v) is 20.7. The van der Waals surface area contributed by atoms with Crippen LogP contribution in [-0.4, -0.2) is 69.8 Å². The summed E-state index contributed by atoms with van der Waals surface area (Å²) in [5, 5.41) is 10.2. The molecule has 198 valence electrons. The minimum absolute atomic E-state index is 0.0116. The van der Waals surface area contributed by atoms with Crippen molar-refractivity contribution in [3.05, 3.63) is 60.7 Å². The molecule has 4 rings (SSSR count). The van der Waals surface area contributed by atoms with Crippen LogP contribution in [0.4, 0.5) is 13.2 Å². The monoisotopic (exact) mass is 517 g/mol. The smallest absolute Gasteiger partial charge is 0.475 e. The van der Waals surface area contributed by atoms with Gasteiger partial charge < -0.3 is 19.9 Å². The van der Waals surface area contributed by atoms with E-state index < -0.39 is 12.1 Å². The minimum Gasteiger partial charge on any atom is -0.475 e. The lowest BCUT2D eigenvalue weighted by Gasteiger charge is -2.11. The van der Waals surface area contributed by atoms with Gasteiger partial charge in [0.15, 0.2) is 5.82 Å². The summed E-state index contributed by atoms with van der Waals surface area (Å²) >= 11 is 0. The van der Waals surface area contributed by atoms with Crippen molar-refractivity contribution in [1.29, 1.82) is 0 Å². The molecule has 0 bridgehead atoms. The van der Waals surface area contributed by atoms with Crippen LogP contribution in [0.15, 0.2) is 55.0 Å². The molecule has 3 aromatic rings. The normalized spacial score (nSPS) is 13.1. The number of halogens is 3. The molecule has 1 aromatic carbocycles. The molecule has 1 aliphatic carbocycles. The van der Waals surface area contributed by atoms with Gasteiger partial charge in [0.05, 0.1) is 0 Å². The van der Waals surface area contributed by atoms with E-state index in [1.807, 2.05) is 62.9 Å². The van der Waals surface area contributed by atoms with E-state index in [0.29, 0.717) is 24.0 Å². The van der Waals surface area contributed by atoms with Gasteiger partial charge in [0.2, 0.25) is 0 Å². The minimum atomic E-state index is -5.08. The molecule has 2 heterocycles. The Morgan fingerprint density at radius 3 is 2.24 bits per heavy atom. The van der Waals surface area contributed by atoms with Crippen LogP contribution in [-0.2, 0) is 11.3 Å². The standard InChI is InChI=1S/C24H29N5O.C2HF3O2/c1-28(2)12-6-11-25-24(30)22-13-20(17-29(22)16-18-9-10-18)21-14-26-23(27-15-21)19-7-4-3-5-8-19;3-2(4,5)1(6)7/h3-5,7-8,13-15,17-18H,6,9-12,16H2,1-2H3,(H,25,30);(H,6,7). The van der Waals surface area contributed by atoms with Crippen LogP contribution in [0.5, 0.6) is 0 Å². The Morgan fingerprint density at radius 2 is 1.70 bits per heavy atom. The number of aliphatic carboxylic acids is 1. The van der Waals surface area contributed by atoms with Crippen molar-refractivity contribution >= 4 is 11.9 Å². The number of aromatic nitrogens is 3. The summed E-state index contributed by atoms with van der Waals surface area (Å²) in [4.78, 5) is 32.9. The summed E-state index contributed by atoms with van der Waals surface area (Å²) in [5.74, 6) is -1.38. The van der Waals surface area contributed by atoms with Gasteiger partial charge in [-0.25, -0.2) is 14.8 Å². The van der Waals surface area contributed by atoms with Crippen molar-refractivity contribution in [2.24, 2.45) is 5.92 Å². The van der Waals surface area contributed by atoms with Crippen molar-refractivity contribution in [3.8, 4) is 22.5 Å². The number of amides is 1. The highest BCUT2D eigenvalue weighted by molar-refractivity contribution is 5.94. The van der Waals surface area contributed by atoms with Crippen LogP contribution in [0.25, 0.3) is 22.5 Å². The van der Waals surface area contributed by atoms with Gasteiger partial charge in [-0.05, 0) is 51.9 Å². The summed E-state index contributed by atoms with van der Waals surface area (Å²) in [6, 6.07) is 11.9. The number of rotatable bonds is 9. The van der Waals surface area contributed by atoms with Gasteiger partial charge >= 0.3 is 12.1 Å². The highest BCUT2D eigenvalue weighted by Crippen LogP contribution is 2.32. The van der Waals surface area contributed by atoms with Crippen LogP contribution >= 0.6 is 0 Å². The molecule has 0 atom stereocenters. The van der Waals surface area contributed by atoms with E-state index in [9.17, 15) is 18.0 Å². The second-order valence-electron chi connectivity index (χ2n) is 9.09. The van der Waals surface area contributed by atoms with E-state index >= 15 is 0 Å². The first-order chi connectivity index (χ1) is 17.5. The second kappa shape index (κ2) is 12.5.